The second kappa shape index (κ2) is 8.08. The minimum absolute atomic E-state index is 0.318. The molecule has 3 aromatic rings. The van der Waals surface area contributed by atoms with Crippen molar-refractivity contribution >= 4 is 28.5 Å². The minimum Gasteiger partial charge on any atom is -0.388 e. The first-order chi connectivity index (χ1) is 13.6. The summed E-state index contributed by atoms with van der Waals surface area (Å²) < 4.78 is 21.2. The molecular formula is C21H22FN3O3. The zero-order valence-electron chi connectivity index (χ0n) is 15.4. The molecule has 2 heterocycles. The number of carbonyl (C=O) groups excluding carboxylic acids is 1. The van der Waals surface area contributed by atoms with Crippen molar-refractivity contribution in [2.45, 2.75) is 19.4 Å². The minimum atomic E-state index is -0.515. The number of halogens is 1. The van der Waals surface area contributed by atoms with Crippen LogP contribution in [0.5, 0.6) is 0 Å². The van der Waals surface area contributed by atoms with Gasteiger partial charge < -0.3 is 19.7 Å². The van der Waals surface area contributed by atoms with Crippen LogP contribution in [0.1, 0.15) is 23.2 Å². The van der Waals surface area contributed by atoms with Crippen LogP contribution in [0, 0.1) is 11.7 Å². The molecule has 4 rings (SSSR count). The number of rotatable bonds is 6. The summed E-state index contributed by atoms with van der Waals surface area (Å²) in [6.45, 7) is 1.78. The summed E-state index contributed by atoms with van der Waals surface area (Å²) in [6.07, 6.45) is 1.97. The molecule has 146 valence electrons. The number of imidazole rings is 1. The van der Waals surface area contributed by atoms with Crippen LogP contribution in [0.4, 0.5) is 16.0 Å². The van der Waals surface area contributed by atoms with Gasteiger partial charge in [0, 0.05) is 37.1 Å². The Kier molecular flexibility index (Phi) is 5.36. The first kappa shape index (κ1) is 18.6. The van der Waals surface area contributed by atoms with Gasteiger partial charge in [-0.3, -0.25) is 4.79 Å². The molecule has 1 aliphatic rings. The average Bonchev–Trinajstić information content (AvgIpc) is 3.04. The molecule has 0 amide bonds. The SMILES string of the molecule is O=C(CO)c1ccc(Nc2nc3cc(F)ccc3n2CC2CCOCC2)cc1. The van der Waals surface area contributed by atoms with Crippen LogP contribution < -0.4 is 5.32 Å². The van der Waals surface area contributed by atoms with Crippen LogP contribution in [0.3, 0.4) is 0 Å². The number of ether oxygens (including phenoxy) is 1. The van der Waals surface area contributed by atoms with Gasteiger partial charge in [-0.2, -0.15) is 0 Å². The highest BCUT2D eigenvalue weighted by atomic mass is 19.1. The van der Waals surface area contributed by atoms with Crippen LogP contribution in [0.25, 0.3) is 11.0 Å². The normalized spacial score (nSPS) is 15.1. The molecule has 2 N–H and O–H groups in total. The smallest absolute Gasteiger partial charge is 0.208 e. The van der Waals surface area contributed by atoms with E-state index < -0.39 is 6.61 Å². The number of fused-ring (bicyclic) bond motifs is 1. The van der Waals surface area contributed by atoms with Gasteiger partial charge in [0.05, 0.1) is 11.0 Å². The quantitative estimate of drug-likeness (QED) is 0.637. The number of aromatic nitrogens is 2. The molecule has 0 bridgehead atoms. The van der Waals surface area contributed by atoms with E-state index in [-0.39, 0.29) is 11.6 Å². The van der Waals surface area contributed by atoms with Crippen molar-refractivity contribution < 1.29 is 19.0 Å². The Morgan fingerprint density at radius 1 is 1.21 bits per heavy atom. The number of Topliss-reactive ketones (excluding diaryl/α,β-unsaturated/α-hetero) is 1. The molecule has 1 saturated heterocycles. The average molecular weight is 383 g/mol. The third-order valence-electron chi connectivity index (χ3n) is 5.10. The highest BCUT2D eigenvalue weighted by Gasteiger charge is 2.19. The Bertz CT molecular complexity index is 978. The molecule has 0 atom stereocenters. The van der Waals surface area contributed by atoms with Gasteiger partial charge in [-0.15, -0.1) is 0 Å². The molecule has 6 nitrogen and oxygen atoms in total. The number of anilines is 2. The molecular weight excluding hydrogens is 361 g/mol. The first-order valence-electron chi connectivity index (χ1n) is 9.39. The van der Waals surface area contributed by atoms with E-state index in [1.165, 1.54) is 12.1 Å². The van der Waals surface area contributed by atoms with Crippen molar-refractivity contribution in [2.75, 3.05) is 25.1 Å². The first-order valence-corrected chi connectivity index (χ1v) is 9.39. The summed E-state index contributed by atoms with van der Waals surface area (Å²) in [5.41, 5.74) is 2.69. The Hall–Kier alpha value is -2.77. The lowest BCUT2D eigenvalue weighted by Gasteiger charge is -2.23. The summed E-state index contributed by atoms with van der Waals surface area (Å²) in [7, 11) is 0. The van der Waals surface area contributed by atoms with Gasteiger partial charge in [0.2, 0.25) is 5.95 Å². The molecule has 2 aromatic carbocycles. The Balaban J connectivity index is 1.64. The van der Waals surface area contributed by atoms with E-state index in [0.29, 0.717) is 22.9 Å². The largest absolute Gasteiger partial charge is 0.388 e. The van der Waals surface area contributed by atoms with E-state index in [4.69, 9.17) is 9.84 Å². The maximum absolute atomic E-state index is 13.7. The summed E-state index contributed by atoms with van der Waals surface area (Å²) in [4.78, 5) is 16.2. The number of nitrogens with zero attached hydrogens (tertiary/aromatic N) is 2. The number of benzene rings is 2. The topological polar surface area (TPSA) is 76.4 Å². The molecule has 7 heteroatoms. The van der Waals surface area contributed by atoms with Gasteiger partial charge in [-0.1, -0.05) is 0 Å². The lowest BCUT2D eigenvalue weighted by atomic mass is 10.0. The molecule has 1 aliphatic heterocycles. The summed E-state index contributed by atoms with van der Waals surface area (Å²) in [5.74, 6) is 0.463. The molecule has 0 aliphatic carbocycles. The molecule has 1 aromatic heterocycles. The Morgan fingerprint density at radius 3 is 2.68 bits per heavy atom. The van der Waals surface area contributed by atoms with Crippen LogP contribution in [0.2, 0.25) is 0 Å². The van der Waals surface area contributed by atoms with Crippen molar-refractivity contribution in [3.05, 3.63) is 53.8 Å². The highest BCUT2D eigenvalue weighted by Crippen LogP contribution is 2.27. The Morgan fingerprint density at radius 2 is 1.96 bits per heavy atom. The molecule has 1 fully saturated rings. The third-order valence-corrected chi connectivity index (χ3v) is 5.10. The zero-order valence-corrected chi connectivity index (χ0v) is 15.4. The number of aliphatic hydroxyl groups excluding tert-OH is 1. The van der Waals surface area contributed by atoms with Crippen LogP contribution >= 0.6 is 0 Å². The van der Waals surface area contributed by atoms with E-state index in [2.05, 4.69) is 14.9 Å². The fourth-order valence-electron chi connectivity index (χ4n) is 3.53. The van der Waals surface area contributed by atoms with Crippen molar-refractivity contribution in [2.24, 2.45) is 5.92 Å². The zero-order chi connectivity index (χ0) is 19.5. The number of nitrogens with one attached hydrogen (secondary N) is 1. The number of carbonyl (C=O) groups is 1. The standard InChI is InChI=1S/C21H22FN3O3/c22-16-3-6-19-18(11-16)24-21(25(19)12-14-7-9-28-10-8-14)23-17-4-1-15(2-5-17)20(27)13-26/h1-6,11,14,26H,7-10,12-13H2,(H,23,24). The molecule has 0 unspecified atom stereocenters. The van der Waals surface area contributed by atoms with Crippen molar-refractivity contribution in [1.82, 2.24) is 9.55 Å². The summed E-state index contributed by atoms with van der Waals surface area (Å²) >= 11 is 0. The third kappa shape index (κ3) is 3.90. The van der Waals surface area contributed by atoms with Crippen LogP contribution in [0.15, 0.2) is 42.5 Å². The van der Waals surface area contributed by atoms with E-state index in [0.717, 1.165) is 43.8 Å². The second-order valence-electron chi connectivity index (χ2n) is 7.02. The summed E-state index contributed by atoms with van der Waals surface area (Å²) in [5, 5.41) is 12.2. The van der Waals surface area contributed by atoms with Crippen LogP contribution in [-0.4, -0.2) is 40.3 Å². The maximum atomic E-state index is 13.7. The maximum Gasteiger partial charge on any atom is 0.208 e. The van der Waals surface area contributed by atoms with Gasteiger partial charge >= 0.3 is 0 Å². The molecule has 0 saturated carbocycles. The fourth-order valence-corrected chi connectivity index (χ4v) is 3.53. The predicted molar refractivity (Wildman–Crippen MR) is 104 cm³/mol. The number of aliphatic hydroxyl groups is 1. The van der Waals surface area contributed by atoms with E-state index in [1.807, 2.05) is 0 Å². The number of hydrogen-bond donors (Lipinski definition) is 2. The van der Waals surface area contributed by atoms with E-state index in [9.17, 15) is 9.18 Å². The van der Waals surface area contributed by atoms with Gasteiger partial charge in [0.15, 0.2) is 5.78 Å². The lowest BCUT2D eigenvalue weighted by Crippen LogP contribution is -2.21. The summed E-state index contributed by atoms with van der Waals surface area (Å²) in [6, 6.07) is 11.5. The molecule has 0 radical (unpaired) electrons. The van der Waals surface area contributed by atoms with Gasteiger partial charge in [-0.25, -0.2) is 9.37 Å². The van der Waals surface area contributed by atoms with E-state index in [1.54, 1.807) is 30.3 Å². The number of hydrogen-bond acceptors (Lipinski definition) is 5. The number of ketones is 1. The highest BCUT2D eigenvalue weighted by molar-refractivity contribution is 5.97. The van der Waals surface area contributed by atoms with Gasteiger partial charge in [0.1, 0.15) is 12.4 Å². The Labute approximate surface area is 162 Å². The predicted octanol–water partition coefficient (Wildman–Crippen LogP) is 3.52. The van der Waals surface area contributed by atoms with E-state index >= 15 is 0 Å². The van der Waals surface area contributed by atoms with Crippen molar-refractivity contribution in [1.29, 1.82) is 0 Å². The monoisotopic (exact) mass is 383 g/mol. The van der Waals surface area contributed by atoms with Crippen LogP contribution in [-0.2, 0) is 11.3 Å². The van der Waals surface area contributed by atoms with Crippen molar-refractivity contribution in [3.63, 3.8) is 0 Å². The molecule has 0 spiro atoms. The van der Waals surface area contributed by atoms with Crippen molar-refractivity contribution in [3.8, 4) is 0 Å². The fraction of sp³-hybridized carbons (Fsp3) is 0.333. The van der Waals surface area contributed by atoms with Gasteiger partial charge in [0.25, 0.3) is 0 Å². The van der Waals surface area contributed by atoms with Gasteiger partial charge in [-0.05, 0) is 55.2 Å². The lowest BCUT2D eigenvalue weighted by molar-refractivity contribution is 0.0617. The molecule has 28 heavy (non-hydrogen) atoms. The second-order valence-corrected chi connectivity index (χ2v) is 7.02.